The van der Waals surface area contributed by atoms with E-state index < -0.39 is 5.97 Å². The summed E-state index contributed by atoms with van der Waals surface area (Å²) in [5.74, 6) is -1.22. The molecular weight excluding hydrogens is 400 g/mol. The Morgan fingerprint density at radius 2 is 1.58 bits per heavy atom. The molecule has 0 spiro atoms. The van der Waals surface area contributed by atoms with Crippen LogP contribution in [-0.4, -0.2) is 33.3 Å². The second-order valence-electron chi connectivity index (χ2n) is 5.54. The van der Waals surface area contributed by atoms with Gasteiger partial charge in [-0.3, -0.25) is 0 Å². The SMILES string of the molecule is COC(=O)c1cc(Br)cn1C.Cn1cc(-c2ccccc2)cc1C(=O)O. The maximum Gasteiger partial charge on any atom is 0.354 e. The van der Waals surface area contributed by atoms with Crippen molar-refractivity contribution in [3.05, 3.63) is 70.7 Å². The highest BCUT2D eigenvalue weighted by molar-refractivity contribution is 9.10. The van der Waals surface area contributed by atoms with E-state index in [2.05, 4.69) is 20.7 Å². The number of methoxy groups -OCH3 is 1. The molecule has 0 radical (unpaired) electrons. The molecule has 0 bridgehead atoms. The highest BCUT2D eigenvalue weighted by atomic mass is 79.9. The molecule has 2 heterocycles. The van der Waals surface area contributed by atoms with Crippen molar-refractivity contribution >= 4 is 27.9 Å². The summed E-state index contributed by atoms with van der Waals surface area (Å²) in [4.78, 5) is 21.8. The van der Waals surface area contributed by atoms with Crippen LogP contribution in [0.4, 0.5) is 0 Å². The van der Waals surface area contributed by atoms with Crippen LogP contribution in [0.15, 0.2) is 59.3 Å². The molecule has 7 heteroatoms. The maximum atomic E-state index is 11.0. The number of carbonyl (C=O) groups excluding carboxylic acids is 1. The highest BCUT2D eigenvalue weighted by Crippen LogP contribution is 2.21. The summed E-state index contributed by atoms with van der Waals surface area (Å²) in [6.45, 7) is 0. The number of aryl methyl sites for hydroxylation is 2. The fourth-order valence-electron chi connectivity index (χ4n) is 2.40. The lowest BCUT2D eigenvalue weighted by Gasteiger charge is -1.98. The molecule has 0 amide bonds. The zero-order valence-electron chi connectivity index (χ0n) is 14.6. The van der Waals surface area contributed by atoms with Gasteiger partial charge in [0.2, 0.25) is 0 Å². The Kier molecular flexibility index (Phi) is 6.41. The fraction of sp³-hybridized carbons (Fsp3) is 0.158. The summed E-state index contributed by atoms with van der Waals surface area (Å²) in [5.41, 5.74) is 2.80. The molecule has 26 heavy (non-hydrogen) atoms. The molecule has 0 aliphatic rings. The Bertz CT molecular complexity index is 913. The van der Waals surface area contributed by atoms with E-state index in [0.717, 1.165) is 15.6 Å². The zero-order chi connectivity index (χ0) is 19.3. The van der Waals surface area contributed by atoms with Gasteiger partial charge in [-0.2, -0.15) is 0 Å². The number of carbonyl (C=O) groups is 2. The first-order valence-electron chi connectivity index (χ1n) is 7.68. The van der Waals surface area contributed by atoms with Crippen LogP contribution in [0.2, 0.25) is 0 Å². The van der Waals surface area contributed by atoms with E-state index in [1.165, 1.54) is 7.11 Å². The Labute approximate surface area is 159 Å². The minimum Gasteiger partial charge on any atom is -0.477 e. The topological polar surface area (TPSA) is 73.5 Å². The van der Waals surface area contributed by atoms with Gasteiger partial charge in [0.05, 0.1) is 7.11 Å². The van der Waals surface area contributed by atoms with Crippen molar-refractivity contribution in [2.24, 2.45) is 14.1 Å². The molecular formula is C19H19BrN2O4. The average Bonchev–Trinajstić information content (AvgIpc) is 3.17. The van der Waals surface area contributed by atoms with Crippen LogP contribution in [0.1, 0.15) is 21.0 Å². The van der Waals surface area contributed by atoms with Crippen molar-refractivity contribution in [2.45, 2.75) is 0 Å². The van der Waals surface area contributed by atoms with E-state index in [1.807, 2.05) is 36.5 Å². The molecule has 2 aromatic heterocycles. The molecule has 6 nitrogen and oxygen atoms in total. The molecule has 3 aromatic rings. The van der Waals surface area contributed by atoms with Crippen LogP contribution in [-0.2, 0) is 18.8 Å². The highest BCUT2D eigenvalue weighted by Gasteiger charge is 2.11. The molecule has 3 rings (SSSR count). The first-order chi connectivity index (χ1) is 12.3. The summed E-state index contributed by atoms with van der Waals surface area (Å²) in [5, 5.41) is 8.91. The van der Waals surface area contributed by atoms with Crippen LogP contribution in [0.5, 0.6) is 0 Å². The van der Waals surface area contributed by atoms with Crippen molar-refractivity contribution in [1.82, 2.24) is 9.13 Å². The maximum absolute atomic E-state index is 11.0. The number of ether oxygens (including phenoxy) is 1. The molecule has 0 unspecified atom stereocenters. The van der Waals surface area contributed by atoms with E-state index in [0.29, 0.717) is 11.4 Å². The standard InChI is InChI=1S/C12H11NO2.C7H8BrNO2/c1-13-8-10(7-11(13)12(14)15)9-5-3-2-4-6-9;1-9-4-5(8)3-6(9)7(10)11-2/h2-8H,1H3,(H,14,15);3-4H,1-2H3. The number of nitrogens with zero attached hydrogens (tertiary/aromatic N) is 2. The van der Waals surface area contributed by atoms with Gasteiger partial charge in [0.1, 0.15) is 11.4 Å². The molecule has 0 atom stereocenters. The quantitative estimate of drug-likeness (QED) is 0.653. The molecule has 0 aliphatic heterocycles. The van der Waals surface area contributed by atoms with Crippen molar-refractivity contribution < 1.29 is 19.4 Å². The summed E-state index contributed by atoms with van der Waals surface area (Å²) in [6, 6.07) is 13.1. The number of benzene rings is 1. The van der Waals surface area contributed by atoms with Gasteiger partial charge in [-0.25, -0.2) is 9.59 Å². The third-order valence-corrected chi connectivity index (χ3v) is 4.13. The van der Waals surface area contributed by atoms with Crippen LogP contribution < -0.4 is 0 Å². The summed E-state index contributed by atoms with van der Waals surface area (Å²) in [7, 11) is 4.89. The van der Waals surface area contributed by atoms with E-state index in [9.17, 15) is 9.59 Å². The lowest BCUT2D eigenvalue weighted by molar-refractivity contribution is 0.0589. The molecule has 136 valence electrons. The fourth-order valence-corrected chi connectivity index (χ4v) is 2.92. The Morgan fingerprint density at radius 3 is 2.04 bits per heavy atom. The molecule has 0 saturated heterocycles. The van der Waals surface area contributed by atoms with Crippen molar-refractivity contribution in [2.75, 3.05) is 7.11 Å². The van der Waals surface area contributed by atoms with Gasteiger partial charge in [-0.1, -0.05) is 30.3 Å². The summed E-state index contributed by atoms with van der Waals surface area (Å²) < 4.78 is 8.75. The Morgan fingerprint density at radius 1 is 0.962 bits per heavy atom. The largest absolute Gasteiger partial charge is 0.477 e. The number of esters is 1. The normalized spacial score (nSPS) is 10.0. The lowest BCUT2D eigenvalue weighted by Crippen LogP contribution is -2.06. The minimum atomic E-state index is -0.903. The van der Waals surface area contributed by atoms with E-state index in [-0.39, 0.29) is 5.97 Å². The van der Waals surface area contributed by atoms with Gasteiger partial charge in [0.15, 0.2) is 0 Å². The number of hydrogen-bond acceptors (Lipinski definition) is 3. The second-order valence-corrected chi connectivity index (χ2v) is 6.46. The van der Waals surface area contributed by atoms with Gasteiger partial charge < -0.3 is 19.0 Å². The second kappa shape index (κ2) is 8.53. The van der Waals surface area contributed by atoms with Crippen LogP contribution >= 0.6 is 15.9 Å². The number of aromatic nitrogens is 2. The molecule has 0 fully saturated rings. The van der Waals surface area contributed by atoms with E-state index in [1.54, 1.807) is 41.6 Å². The third-order valence-electron chi connectivity index (χ3n) is 3.70. The van der Waals surface area contributed by atoms with Gasteiger partial charge in [0.25, 0.3) is 0 Å². The smallest absolute Gasteiger partial charge is 0.354 e. The first-order valence-corrected chi connectivity index (χ1v) is 8.48. The molecule has 1 aromatic carbocycles. The average molecular weight is 419 g/mol. The first kappa shape index (κ1) is 19.5. The van der Waals surface area contributed by atoms with Crippen molar-refractivity contribution in [3.63, 3.8) is 0 Å². The number of hydrogen-bond donors (Lipinski definition) is 1. The number of carboxylic acids is 1. The predicted octanol–water partition coefficient (Wildman–Crippen LogP) is 3.96. The monoisotopic (exact) mass is 418 g/mol. The van der Waals surface area contributed by atoms with Crippen molar-refractivity contribution in [3.8, 4) is 11.1 Å². The van der Waals surface area contributed by atoms with Gasteiger partial charge in [0, 0.05) is 36.5 Å². The van der Waals surface area contributed by atoms with E-state index in [4.69, 9.17) is 5.11 Å². The predicted molar refractivity (Wildman–Crippen MR) is 102 cm³/mol. The van der Waals surface area contributed by atoms with Crippen molar-refractivity contribution in [1.29, 1.82) is 0 Å². The third kappa shape index (κ3) is 4.64. The molecule has 0 aliphatic carbocycles. The van der Waals surface area contributed by atoms with Gasteiger partial charge in [-0.05, 0) is 33.6 Å². The molecule has 0 saturated carbocycles. The van der Waals surface area contributed by atoms with Crippen LogP contribution in [0.3, 0.4) is 0 Å². The zero-order valence-corrected chi connectivity index (χ0v) is 16.2. The Hall–Kier alpha value is -2.80. The lowest BCUT2D eigenvalue weighted by atomic mass is 10.1. The summed E-state index contributed by atoms with van der Waals surface area (Å²) in [6.07, 6.45) is 3.62. The number of carboxylic acid groups (broad SMARTS) is 1. The van der Waals surface area contributed by atoms with Crippen LogP contribution in [0.25, 0.3) is 11.1 Å². The number of aromatic carboxylic acids is 1. The van der Waals surface area contributed by atoms with Crippen LogP contribution in [0, 0.1) is 0 Å². The number of halogens is 1. The summed E-state index contributed by atoms with van der Waals surface area (Å²) >= 11 is 3.25. The van der Waals surface area contributed by atoms with Gasteiger partial charge in [-0.15, -0.1) is 0 Å². The van der Waals surface area contributed by atoms with Gasteiger partial charge >= 0.3 is 11.9 Å². The number of rotatable bonds is 3. The van der Waals surface area contributed by atoms with E-state index >= 15 is 0 Å². The molecule has 1 N–H and O–H groups in total. The minimum absolute atomic E-state index is 0.300. The Balaban J connectivity index is 0.000000197.